The highest BCUT2D eigenvalue weighted by Crippen LogP contribution is 2.27. The van der Waals surface area contributed by atoms with Gasteiger partial charge in [0, 0.05) is 6.42 Å². The fourth-order valence-electron chi connectivity index (χ4n) is 3.61. The molecular formula is C24H28F2O4. The van der Waals surface area contributed by atoms with Crippen molar-refractivity contribution in [1.29, 1.82) is 0 Å². The van der Waals surface area contributed by atoms with E-state index >= 15 is 0 Å². The second kappa shape index (κ2) is 11.0. The number of halogens is 2. The third kappa shape index (κ3) is 6.44. The van der Waals surface area contributed by atoms with Crippen LogP contribution in [0.3, 0.4) is 0 Å². The van der Waals surface area contributed by atoms with Gasteiger partial charge in [-0.1, -0.05) is 18.6 Å². The van der Waals surface area contributed by atoms with Crippen LogP contribution in [-0.4, -0.2) is 18.7 Å². The average Bonchev–Trinajstić information content (AvgIpc) is 2.73. The van der Waals surface area contributed by atoms with Crippen molar-refractivity contribution >= 4 is 5.97 Å². The van der Waals surface area contributed by atoms with Crippen LogP contribution in [0.5, 0.6) is 11.5 Å². The molecule has 162 valence electrons. The highest BCUT2D eigenvalue weighted by atomic mass is 19.1. The number of esters is 1. The standard InChI is InChI=1S/C24H28F2O4/c1-2-28-23(27)12-11-17-14-21(25)24(22(26)15-17)29-16-18-7-6-10-20(13-18)30-19-8-4-3-5-9-19/h6-7,10,13-15,19H,2-5,8-9,11-12,16H2,1H3. The minimum atomic E-state index is -0.788. The number of hydrogen-bond acceptors (Lipinski definition) is 4. The van der Waals surface area contributed by atoms with Gasteiger partial charge in [0.1, 0.15) is 12.4 Å². The zero-order valence-electron chi connectivity index (χ0n) is 17.3. The van der Waals surface area contributed by atoms with Crippen molar-refractivity contribution in [2.75, 3.05) is 6.61 Å². The van der Waals surface area contributed by atoms with Gasteiger partial charge in [-0.3, -0.25) is 4.79 Å². The zero-order chi connectivity index (χ0) is 21.3. The molecule has 1 aliphatic carbocycles. The molecule has 0 saturated heterocycles. The lowest BCUT2D eigenvalue weighted by atomic mass is 9.98. The number of ether oxygens (including phenoxy) is 3. The summed E-state index contributed by atoms with van der Waals surface area (Å²) in [6, 6.07) is 9.80. The second-order valence-corrected chi connectivity index (χ2v) is 7.51. The predicted octanol–water partition coefficient (Wildman–Crippen LogP) is 5.75. The number of hydrogen-bond donors (Lipinski definition) is 0. The summed E-state index contributed by atoms with van der Waals surface area (Å²) in [7, 11) is 0. The van der Waals surface area contributed by atoms with Crippen molar-refractivity contribution in [3.8, 4) is 11.5 Å². The Hall–Kier alpha value is -2.63. The van der Waals surface area contributed by atoms with E-state index in [0.29, 0.717) is 5.56 Å². The lowest BCUT2D eigenvalue weighted by Crippen LogP contribution is -2.19. The number of rotatable bonds is 9. The number of aryl methyl sites for hydroxylation is 1. The first-order valence-corrected chi connectivity index (χ1v) is 10.6. The summed E-state index contributed by atoms with van der Waals surface area (Å²) >= 11 is 0. The fourth-order valence-corrected chi connectivity index (χ4v) is 3.61. The van der Waals surface area contributed by atoms with Gasteiger partial charge in [0.05, 0.1) is 12.7 Å². The quantitative estimate of drug-likeness (QED) is 0.486. The van der Waals surface area contributed by atoms with Gasteiger partial charge in [-0.25, -0.2) is 8.78 Å². The topological polar surface area (TPSA) is 44.8 Å². The molecule has 0 aromatic heterocycles. The molecule has 0 radical (unpaired) electrons. The molecule has 4 nitrogen and oxygen atoms in total. The predicted molar refractivity (Wildman–Crippen MR) is 110 cm³/mol. The summed E-state index contributed by atoms with van der Waals surface area (Å²) in [4.78, 5) is 11.4. The van der Waals surface area contributed by atoms with Crippen LogP contribution in [0.4, 0.5) is 8.78 Å². The van der Waals surface area contributed by atoms with Crippen molar-refractivity contribution in [2.24, 2.45) is 0 Å². The van der Waals surface area contributed by atoms with E-state index in [0.717, 1.165) is 24.2 Å². The molecule has 0 unspecified atom stereocenters. The van der Waals surface area contributed by atoms with Crippen molar-refractivity contribution in [1.82, 2.24) is 0 Å². The van der Waals surface area contributed by atoms with Crippen LogP contribution in [0.25, 0.3) is 0 Å². The molecule has 1 saturated carbocycles. The molecule has 0 spiro atoms. The van der Waals surface area contributed by atoms with Gasteiger partial charge in [-0.05, 0) is 74.4 Å². The zero-order valence-corrected chi connectivity index (χ0v) is 17.3. The second-order valence-electron chi connectivity index (χ2n) is 7.51. The Morgan fingerprint density at radius 3 is 2.47 bits per heavy atom. The minimum Gasteiger partial charge on any atom is -0.490 e. The Bertz CT molecular complexity index is 824. The van der Waals surface area contributed by atoms with E-state index < -0.39 is 23.4 Å². The van der Waals surface area contributed by atoms with E-state index in [-0.39, 0.29) is 32.2 Å². The molecule has 1 fully saturated rings. The van der Waals surface area contributed by atoms with Crippen molar-refractivity contribution < 1.29 is 27.8 Å². The summed E-state index contributed by atoms with van der Waals surface area (Å²) < 4.78 is 45.0. The van der Waals surface area contributed by atoms with Gasteiger partial charge in [-0.2, -0.15) is 0 Å². The van der Waals surface area contributed by atoms with E-state index in [9.17, 15) is 13.6 Å². The Morgan fingerprint density at radius 1 is 1.03 bits per heavy atom. The largest absolute Gasteiger partial charge is 0.490 e. The monoisotopic (exact) mass is 418 g/mol. The first kappa shape index (κ1) is 22.1. The maximum Gasteiger partial charge on any atom is 0.306 e. The van der Waals surface area contributed by atoms with Crippen molar-refractivity contribution in [3.05, 3.63) is 59.2 Å². The Balaban J connectivity index is 1.58. The van der Waals surface area contributed by atoms with E-state index in [1.165, 1.54) is 31.4 Å². The smallest absolute Gasteiger partial charge is 0.306 e. The van der Waals surface area contributed by atoms with Crippen molar-refractivity contribution in [2.45, 2.75) is 64.6 Å². The lowest BCUT2D eigenvalue weighted by Gasteiger charge is -2.23. The molecule has 1 aliphatic rings. The molecule has 0 aliphatic heterocycles. The van der Waals surface area contributed by atoms with Gasteiger partial charge in [0.2, 0.25) is 0 Å². The van der Waals surface area contributed by atoms with Gasteiger partial charge >= 0.3 is 5.97 Å². The number of benzene rings is 2. The third-order valence-electron chi connectivity index (χ3n) is 5.12. The van der Waals surface area contributed by atoms with Crippen LogP contribution >= 0.6 is 0 Å². The Morgan fingerprint density at radius 2 is 1.77 bits per heavy atom. The summed E-state index contributed by atoms with van der Waals surface area (Å²) in [5, 5.41) is 0. The first-order valence-electron chi connectivity index (χ1n) is 10.6. The molecule has 0 bridgehead atoms. The van der Waals surface area contributed by atoms with E-state index in [1.54, 1.807) is 6.92 Å². The number of carbonyl (C=O) groups is 1. The maximum atomic E-state index is 14.4. The molecule has 0 atom stereocenters. The van der Waals surface area contributed by atoms with Gasteiger partial charge in [0.15, 0.2) is 17.4 Å². The Kier molecular flexibility index (Phi) is 8.05. The van der Waals surface area contributed by atoms with Crippen LogP contribution in [0.15, 0.2) is 36.4 Å². The first-order chi connectivity index (χ1) is 14.5. The minimum absolute atomic E-state index is 0.0257. The SMILES string of the molecule is CCOC(=O)CCc1cc(F)c(OCc2cccc(OC3CCCCC3)c2)c(F)c1. The van der Waals surface area contributed by atoms with Crippen molar-refractivity contribution in [3.63, 3.8) is 0 Å². The van der Waals surface area contributed by atoms with Gasteiger partial charge in [-0.15, -0.1) is 0 Å². The van der Waals surface area contributed by atoms with Crippen LogP contribution in [0.2, 0.25) is 0 Å². The van der Waals surface area contributed by atoms with E-state index in [2.05, 4.69) is 0 Å². The molecule has 2 aromatic rings. The molecular weight excluding hydrogens is 390 g/mol. The Labute approximate surface area is 176 Å². The van der Waals surface area contributed by atoms with Crippen LogP contribution in [-0.2, 0) is 22.6 Å². The summed E-state index contributed by atoms with van der Waals surface area (Å²) in [5.74, 6) is -1.65. The summed E-state index contributed by atoms with van der Waals surface area (Å²) in [6.45, 7) is 2.01. The van der Waals surface area contributed by atoms with Crippen LogP contribution in [0, 0.1) is 11.6 Å². The summed E-state index contributed by atoms with van der Waals surface area (Å²) in [6.07, 6.45) is 6.23. The van der Waals surface area contributed by atoms with Gasteiger partial charge < -0.3 is 14.2 Å². The van der Waals surface area contributed by atoms with Crippen LogP contribution in [0.1, 0.15) is 56.6 Å². The fraction of sp³-hybridized carbons (Fsp3) is 0.458. The molecule has 6 heteroatoms. The molecule has 30 heavy (non-hydrogen) atoms. The van der Waals surface area contributed by atoms with Crippen LogP contribution < -0.4 is 9.47 Å². The highest BCUT2D eigenvalue weighted by Gasteiger charge is 2.16. The average molecular weight is 418 g/mol. The van der Waals surface area contributed by atoms with E-state index in [1.807, 2.05) is 24.3 Å². The molecule has 0 N–H and O–H groups in total. The highest BCUT2D eigenvalue weighted by molar-refractivity contribution is 5.69. The lowest BCUT2D eigenvalue weighted by molar-refractivity contribution is -0.143. The molecule has 0 amide bonds. The molecule has 2 aromatic carbocycles. The third-order valence-corrected chi connectivity index (χ3v) is 5.12. The van der Waals surface area contributed by atoms with Gasteiger partial charge in [0.25, 0.3) is 0 Å². The molecule has 3 rings (SSSR count). The maximum absolute atomic E-state index is 14.4. The molecule has 0 heterocycles. The summed E-state index contributed by atoms with van der Waals surface area (Å²) in [5.41, 5.74) is 1.15. The number of carbonyl (C=O) groups excluding carboxylic acids is 1. The van der Waals surface area contributed by atoms with E-state index in [4.69, 9.17) is 14.2 Å². The normalized spacial score (nSPS) is 14.4.